The molecule has 2 unspecified atom stereocenters. The van der Waals surface area contributed by atoms with Gasteiger partial charge in [0, 0.05) is 24.4 Å². The minimum absolute atomic E-state index is 0.0169. The van der Waals surface area contributed by atoms with Gasteiger partial charge >= 0.3 is 12.1 Å². The summed E-state index contributed by atoms with van der Waals surface area (Å²) in [6, 6.07) is 3.49. The number of pyridine rings is 1. The quantitative estimate of drug-likeness (QED) is 0.229. The van der Waals surface area contributed by atoms with Crippen molar-refractivity contribution in [2.24, 2.45) is 5.92 Å². The van der Waals surface area contributed by atoms with Crippen LogP contribution in [0.4, 0.5) is 22.0 Å². The van der Waals surface area contributed by atoms with E-state index in [4.69, 9.17) is 0 Å². The van der Waals surface area contributed by atoms with Crippen LogP contribution >= 0.6 is 0 Å². The van der Waals surface area contributed by atoms with Crippen molar-refractivity contribution in [1.29, 1.82) is 0 Å². The Labute approximate surface area is 258 Å². The van der Waals surface area contributed by atoms with Crippen molar-refractivity contribution in [3.8, 4) is 11.1 Å². The molecule has 2 N–H and O–H groups in total. The molecule has 0 saturated carbocycles. The highest BCUT2D eigenvalue weighted by Gasteiger charge is 2.36. The third-order valence-corrected chi connectivity index (χ3v) is 7.38. The molecule has 2 aromatic carbocycles. The highest BCUT2D eigenvalue weighted by atomic mass is 19.4. The molecule has 0 spiro atoms. The Morgan fingerprint density at radius 1 is 1.00 bits per heavy atom. The lowest BCUT2D eigenvalue weighted by Gasteiger charge is -2.27. The van der Waals surface area contributed by atoms with Crippen LogP contribution < -0.4 is 10.9 Å². The second kappa shape index (κ2) is 13.9. The maximum Gasteiger partial charge on any atom is 0.416 e. The van der Waals surface area contributed by atoms with Gasteiger partial charge in [0.2, 0.25) is 5.91 Å². The molecule has 244 valence electrons. The Kier molecular flexibility index (Phi) is 11.0. The Morgan fingerprint density at radius 3 is 2.11 bits per heavy atom. The van der Waals surface area contributed by atoms with Gasteiger partial charge in [-0.25, -0.2) is 8.78 Å². The molecule has 0 saturated heterocycles. The summed E-state index contributed by atoms with van der Waals surface area (Å²) in [7, 11) is 3.09. The van der Waals surface area contributed by atoms with Crippen LogP contribution in [-0.4, -0.2) is 40.5 Å². The van der Waals surface area contributed by atoms with E-state index < -0.39 is 64.9 Å². The minimum atomic E-state index is -4.83. The van der Waals surface area contributed by atoms with Gasteiger partial charge in [-0.3, -0.25) is 14.4 Å². The molecule has 1 amide bonds. The molecular formula is C33H38F5N3O4. The number of benzene rings is 2. The molecule has 2 atom stereocenters. The molecule has 3 aromatic rings. The fourth-order valence-electron chi connectivity index (χ4n) is 5.68. The molecule has 3 rings (SSSR count). The molecule has 0 aliphatic heterocycles. The third-order valence-electron chi connectivity index (χ3n) is 7.38. The van der Waals surface area contributed by atoms with Crippen molar-refractivity contribution in [2.75, 3.05) is 14.1 Å². The maximum absolute atomic E-state index is 15.4. The summed E-state index contributed by atoms with van der Waals surface area (Å²) in [5.74, 6) is -5.20. The first-order valence-corrected chi connectivity index (χ1v) is 14.4. The van der Waals surface area contributed by atoms with E-state index in [0.29, 0.717) is 11.6 Å². The molecule has 45 heavy (non-hydrogen) atoms. The van der Waals surface area contributed by atoms with E-state index in [1.807, 2.05) is 19.1 Å². The summed E-state index contributed by atoms with van der Waals surface area (Å²) in [5, 5.41) is 12.1. The molecule has 1 heterocycles. The minimum Gasteiger partial charge on any atom is -0.481 e. The molecule has 0 aliphatic carbocycles. The van der Waals surface area contributed by atoms with E-state index in [1.165, 1.54) is 11.0 Å². The van der Waals surface area contributed by atoms with Crippen molar-refractivity contribution in [1.82, 2.24) is 14.8 Å². The van der Waals surface area contributed by atoms with Gasteiger partial charge in [0.15, 0.2) is 11.6 Å². The standard InChI is InChI=1S/C33H38F5N3O4/c1-17(2)8-27(41-16-22(15-40(6)7)24(13-28(41)42)33(36,37)38)32(45)39-26(14-29(43)44)23-11-21(12-25(34)31(23)35)30-19(4)9-18(3)10-20(30)5/h9-13,16-17,26-27H,8,14-15H2,1-7H3,(H,39,45)(H,43,44). The van der Waals surface area contributed by atoms with E-state index in [2.05, 4.69) is 5.32 Å². The molecule has 7 nitrogen and oxygen atoms in total. The highest BCUT2D eigenvalue weighted by Crippen LogP contribution is 2.35. The van der Waals surface area contributed by atoms with E-state index >= 15 is 8.78 Å². The topological polar surface area (TPSA) is 91.6 Å². The molecule has 0 radical (unpaired) electrons. The number of aromatic nitrogens is 1. The van der Waals surface area contributed by atoms with Crippen LogP contribution in [0.5, 0.6) is 0 Å². The van der Waals surface area contributed by atoms with Gasteiger partial charge in [0.05, 0.1) is 18.0 Å². The van der Waals surface area contributed by atoms with E-state index in [-0.39, 0.29) is 30.0 Å². The molecule has 0 aliphatic rings. The zero-order valence-electron chi connectivity index (χ0n) is 26.3. The van der Waals surface area contributed by atoms with Crippen molar-refractivity contribution >= 4 is 11.9 Å². The average molecular weight is 636 g/mol. The maximum atomic E-state index is 15.4. The van der Waals surface area contributed by atoms with Crippen LogP contribution in [0.15, 0.2) is 41.3 Å². The lowest BCUT2D eigenvalue weighted by molar-refractivity contribution is -0.139. The van der Waals surface area contributed by atoms with Gasteiger partial charge in [-0.1, -0.05) is 31.5 Å². The van der Waals surface area contributed by atoms with Crippen LogP contribution in [-0.2, 0) is 22.3 Å². The van der Waals surface area contributed by atoms with Gasteiger partial charge in [-0.2, -0.15) is 13.2 Å². The summed E-state index contributed by atoms with van der Waals surface area (Å²) in [6.45, 7) is 8.76. The summed E-state index contributed by atoms with van der Waals surface area (Å²) >= 11 is 0. The summed E-state index contributed by atoms with van der Waals surface area (Å²) in [6.07, 6.45) is -4.70. The first kappa shape index (κ1) is 35.4. The number of nitrogens with zero attached hydrogens (tertiary/aromatic N) is 2. The van der Waals surface area contributed by atoms with E-state index in [1.54, 1.807) is 41.8 Å². The Bertz CT molecular complexity index is 1620. The van der Waals surface area contributed by atoms with Crippen LogP contribution in [0, 0.1) is 38.3 Å². The smallest absolute Gasteiger partial charge is 0.416 e. The van der Waals surface area contributed by atoms with Gasteiger partial charge in [-0.15, -0.1) is 0 Å². The Morgan fingerprint density at radius 2 is 1.60 bits per heavy atom. The van der Waals surface area contributed by atoms with Crippen molar-refractivity contribution in [3.63, 3.8) is 0 Å². The van der Waals surface area contributed by atoms with Crippen LogP contribution in [0.2, 0.25) is 0 Å². The number of halogens is 5. The van der Waals surface area contributed by atoms with Gasteiger partial charge in [0.1, 0.15) is 6.04 Å². The normalized spacial score (nSPS) is 13.3. The number of carboxylic acid groups (broad SMARTS) is 1. The zero-order chi connectivity index (χ0) is 34.0. The van der Waals surface area contributed by atoms with Crippen molar-refractivity contribution in [2.45, 2.75) is 72.3 Å². The molecular weight excluding hydrogens is 597 g/mol. The second-order valence-electron chi connectivity index (χ2n) is 12.1. The third kappa shape index (κ3) is 8.56. The Hall–Kier alpha value is -4.06. The predicted molar refractivity (Wildman–Crippen MR) is 161 cm³/mol. The SMILES string of the molecule is Cc1cc(C)c(-c2cc(F)c(F)c(C(CC(=O)O)NC(=O)C(CC(C)C)n3cc(CN(C)C)c(C(F)(F)F)cc3=O)c2)c(C)c1. The summed E-state index contributed by atoms with van der Waals surface area (Å²) in [4.78, 5) is 40.2. The number of hydrogen-bond donors (Lipinski definition) is 2. The average Bonchev–Trinajstić information content (AvgIpc) is 2.87. The number of carboxylic acids is 1. The first-order valence-electron chi connectivity index (χ1n) is 14.4. The molecule has 0 fully saturated rings. The second-order valence-corrected chi connectivity index (χ2v) is 12.1. The van der Waals surface area contributed by atoms with Crippen molar-refractivity contribution < 1.29 is 36.6 Å². The monoisotopic (exact) mass is 635 g/mol. The van der Waals surface area contributed by atoms with E-state index in [9.17, 15) is 32.7 Å². The Balaban J connectivity index is 2.16. The first-order chi connectivity index (χ1) is 20.8. The molecule has 0 bridgehead atoms. The number of rotatable bonds is 11. The predicted octanol–water partition coefficient (Wildman–Crippen LogP) is 6.72. The number of nitrogens with one attached hydrogen (secondary N) is 1. The number of carbonyl (C=O) groups excluding carboxylic acids is 1. The zero-order valence-corrected chi connectivity index (χ0v) is 26.3. The summed E-state index contributed by atoms with van der Waals surface area (Å²) in [5.41, 5.74) is 0.489. The molecule has 1 aromatic heterocycles. The number of aryl methyl sites for hydroxylation is 3. The van der Waals surface area contributed by atoms with Gasteiger partial charge in [0.25, 0.3) is 5.56 Å². The molecule has 12 heteroatoms. The van der Waals surface area contributed by atoms with Gasteiger partial charge < -0.3 is 19.9 Å². The van der Waals surface area contributed by atoms with Crippen molar-refractivity contribution in [3.05, 3.63) is 91.9 Å². The fourth-order valence-corrected chi connectivity index (χ4v) is 5.68. The number of carbonyl (C=O) groups is 2. The lowest BCUT2D eigenvalue weighted by Crippen LogP contribution is -2.41. The summed E-state index contributed by atoms with van der Waals surface area (Å²) < 4.78 is 72.7. The number of hydrogen-bond acceptors (Lipinski definition) is 4. The van der Waals surface area contributed by atoms with E-state index in [0.717, 1.165) is 33.5 Å². The lowest BCUT2D eigenvalue weighted by atomic mass is 9.90. The number of alkyl halides is 3. The number of amides is 1. The number of aliphatic carboxylic acids is 1. The van der Waals surface area contributed by atoms with Crippen LogP contribution in [0.25, 0.3) is 11.1 Å². The van der Waals surface area contributed by atoms with Gasteiger partial charge in [-0.05, 0) is 87.2 Å². The van der Waals surface area contributed by atoms with Crippen LogP contribution in [0.1, 0.15) is 72.2 Å². The van der Waals surface area contributed by atoms with Crippen LogP contribution in [0.3, 0.4) is 0 Å². The highest BCUT2D eigenvalue weighted by molar-refractivity contribution is 5.82. The largest absolute Gasteiger partial charge is 0.481 e. The fraction of sp³-hybridized carbons (Fsp3) is 0.424.